The largest absolute Gasteiger partial charge is 0.397 e. The first-order valence-electron chi connectivity index (χ1n) is 9.26. The Bertz CT molecular complexity index is 824. The number of hydrogen-bond acceptors (Lipinski definition) is 7. The summed E-state index contributed by atoms with van der Waals surface area (Å²) in [6.07, 6.45) is 2.78. The first-order chi connectivity index (χ1) is 12.9. The summed E-state index contributed by atoms with van der Waals surface area (Å²) in [5, 5.41) is 6.21. The SMILES string of the molecule is CCCc1cc(N2CCC(NC(C)=O)C2)nc(Nc2ccc(N)c(N)c2)n1. The highest BCUT2D eigenvalue weighted by Gasteiger charge is 2.24. The van der Waals surface area contributed by atoms with Crippen molar-refractivity contribution in [2.75, 3.05) is 34.8 Å². The molecule has 1 saturated heterocycles. The van der Waals surface area contributed by atoms with Crippen LogP contribution in [0.1, 0.15) is 32.4 Å². The number of carbonyl (C=O) groups is 1. The fraction of sp³-hybridized carbons (Fsp3) is 0.421. The van der Waals surface area contributed by atoms with Gasteiger partial charge in [-0.05, 0) is 31.0 Å². The van der Waals surface area contributed by atoms with Crippen LogP contribution in [0.5, 0.6) is 0 Å². The summed E-state index contributed by atoms with van der Waals surface area (Å²) >= 11 is 0. The van der Waals surface area contributed by atoms with E-state index in [1.54, 1.807) is 19.1 Å². The van der Waals surface area contributed by atoms with Gasteiger partial charge in [0.1, 0.15) is 5.82 Å². The topological polar surface area (TPSA) is 122 Å². The standard InChI is InChI=1S/C19H27N7O/c1-3-4-13-10-18(26-8-7-15(11-26)22-12(2)27)25-19(23-13)24-14-5-6-16(20)17(21)9-14/h5-6,9-10,15H,3-4,7-8,11,20-21H2,1-2H3,(H,22,27)(H,23,24,25). The average Bonchev–Trinajstić information content (AvgIpc) is 3.06. The molecule has 1 amide bonds. The summed E-state index contributed by atoms with van der Waals surface area (Å²) in [7, 11) is 0. The van der Waals surface area contributed by atoms with Gasteiger partial charge in [0.2, 0.25) is 11.9 Å². The molecule has 6 N–H and O–H groups in total. The fourth-order valence-corrected chi connectivity index (χ4v) is 3.24. The van der Waals surface area contributed by atoms with Crippen LogP contribution in [0.2, 0.25) is 0 Å². The number of nitrogens with zero attached hydrogens (tertiary/aromatic N) is 3. The van der Waals surface area contributed by atoms with Crippen molar-refractivity contribution in [3.05, 3.63) is 30.0 Å². The fourth-order valence-electron chi connectivity index (χ4n) is 3.24. The Morgan fingerprint density at radius 3 is 2.78 bits per heavy atom. The highest BCUT2D eigenvalue weighted by atomic mass is 16.1. The Hall–Kier alpha value is -3.03. The Morgan fingerprint density at radius 2 is 2.07 bits per heavy atom. The summed E-state index contributed by atoms with van der Waals surface area (Å²) in [5.41, 5.74) is 14.5. The molecule has 8 nitrogen and oxygen atoms in total. The Balaban J connectivity index is 1.82. The van der Waals surface area contributed by atoms with Gasteiger partial charge in [-0.3, -0.25) is 4.79 Å². The van der Waals surface area contributed by atoms with Gasteiger partial charge < -0.3 is 27.0 Å². The van der Waals surface area contributed by atoms with Crippen LogP contribution in [0.3, 0.4) is 0 Å². The zero-order chi connectivity index (χ0) is 19.4. The number of nitrogens with one attached hydrogen (secondary N) is 2. The molecule has 1 unspecified atom stereocenters. The maximum absolute atomic E-state index is 11.3. The predicted molar refractivity (Wildman–Crippen MR) is 109 cm³/mol. The van der Waals surface area contributed by atoms with Crippen molar-refractivity contribution in [1.82, 2.24) is 15.3 Å². The van der Waals surface area contributed by atoms with E-state index in [0.29, 0.717) is 17.3 Å². The van der Waals surface area contributed by atoms with Gasteiger partial charge >= 0.3 is 0 Å². The molecule has 27 heavy (non-hydrogen) atoms. The molecule has 1 aliphatic heterocycles. The molecule has 1 atom stereocenters. The first-order valence-corrected chi connectivity index (χ1v) is 9.26. The van der Waals surface area contributed by atoms with Crippen LogP contribution in [-0.4, -0.2) is 35.0 Å². The number of aryl methyl sites for hydroxylation is 1. The van der Waals surface area contributed by atoms with E-state index in [9.17, 15) is 4.79 Å². The van der Waals surface area contributed by atoms with Crippen molar-refractivity contribution in [3.63, 3.8) is 0 Å². The third-order valence-electron chi connectivity index (χ3n) is 4.53. The van der Waals surface area contributed by atoms with Crippen LogP contribution in [0.25, 0.3) is 0 Å². The van der Waals surface area contributed by atoms with E-state index in [1.165, 1.54) is 0 Å². The molecule has 2 aromatic rings. The Kier molecular flexibility index (Phi) is 5.63. The van der Waals surface area contributed by atoms with Crippen molar-refractivity contribution >= 4 is 34.7 Å². The third-order valence-corrected chi connectivity index (χ3v) is 4.53. The molecule has 144 valence electrons. The van der Waals surface area contributed by atoms with E-state index < -0.39 is 0 Å². The van der Waals surface area contributed by atoms with E-state index in [-0.39, 0.29) is 11.9 Å². The molecule has 1 aromatic carbocycles. The summed E-state index contributed by atoms with van der Waals surface area (Å²) < 4.78 is 0. The van der Waals surface area contributed by atoms with Crippen LogP contribution in [-0.2, 0) is 11.2 Å². The van der Waals surface area contributed by atoms with Gasteiger partial charge in [0.05, 0.1) is 11.4 Å². The summed E-state index contributed by atoms with van der Waals surface area (Å²) in [6, 6.07) is 7.56. The number of rotatable bonds is 6. The maximum atomic E-state index is 11.3. The van der Waals surface area contributed by atoms with Gasteiger partial charge in [-0.25, -0.2) is 4.98 Å². The van der Waals surface area contributed by atoms with E-state index in [2.05, 4.69) is 32.4 Å². The quantitative estimate of drug-likeness (QED) is 0.575. The number of benzene rings is 1. The Morgan fingerprint density at radius 1 is 1.26 bits per heavy atom. The van der Waals surface area contributed by atoms with Crippen molar-refractivity contribution in [2.45, 2.75) is 39.2 Å². The zero-order valence-electron chi connectivity index (χ0n) is 15.8. The van der Waals surface area contributed by atoms with Gasteiger partial charge in [-0.2, -0.15) is 4.98 Å². The second-order valence-electron chi connectivity index (χ2n) is 6.89. The number of nitrogen functional groups attached to an aromatic ring is 2. The van der Waals surface area contributed by atoms with Crippen molar-refractivity contribution < 1.29 is 4.79 Å². The van der Waals surface area contributed by atoms with Crippen molar-refractivity contribution in [2.24, 2.45) is 0 Å². The summed E-state index contributed by atoms with van der Waals surface area (Å²) in [5.74, 6) is 1.40. The van der Waals surface area contributed by atoms with Gasteiger partial charge in [0.25, 0.3) is 0 Å². The van der Waals surface area contributed by atoms with Crippen LogP contribution < -0.4 is 27.0 Å². The number of carbonyl (C=O) groups excluding carboxylic acids is 1. The number of amides is 1. The van der Waals surface area contributed by atoms with Gasteiger partial charge in [0.15, 0.2) is 0 Å². The molecule has 3 rings (SSSR count). The van der Waals surface area contributed by atoms with Crippen molar-refractivity contribution in [3.8, 4) is 0 Å². The molecule has 1 fully saturated rings. The molecular weight excluding hydrogens is 342 g/mol. The predicted octanol–water partition coefficient (Wildman–Crippen LogP) is 2.05. The Labute approximate surface area is 159 Å². The molecule has 0 spiro atoms. The lowest BCUT2D eigenvalue weighted by Gasteiger charge is -2.19. The van der Waals surface area contributed by atoms with E-state index in [4.69, 9.17) is 11.5 Å². The highest BCUT2D eigenvalue weighted by molar-refractivity contribution is 5.73. The number of nitrogens with two attached hydrogens (primary N) is 2. The second-order valence-corrected chi connectivity index (χ2v) is 6.89. The molecule has 0 radical (unpaired) electrons. The number of hydrogen-bond donors (Lipinski definition) is 4. The molecule has 2 heterocycles. The lowest BCUT2D eigenvalue weighted by atomic mass is 10.2. The molecule has 0 saturated carbocycles. The molecular formula is C19H27N7O. The minimum Gasteiger partial charge on any atom is -0.397 e. The summed E-state index contributed by atoms with van der Waals surface area (Å²) in [6.45, 7) is 5.27. The molecule has 8 heteroatoms. The average molecular weight is 369 g/mol. The van der Waals surface area contributed by atoms with Crippen LogP contribution in [0.15, 0.2) is 24.3 Å². The smallest absolute Gasteiger partial charge is 0.229 e. The minimum atomic E-state index is -0.000459. The molecule has 1 aromatic heterocycles. The monoisotopic (exact) mass is 369 g/mol. The summed E-state index contributed by atoms with van der Waals surface area (Å²) in [4.78, 5) is 22.8. The lowest BCUT2D eigenvalue weighted by molar-refractivity contribution is -0.119. The van der Waals surface area contributed by atoms with Gasteiger partial charge in [-0.1, -0.05) is 13.3 Å². The van der Waals surface area contributed by atoms with Crippen LogP contribution in [0.4, 0.5) is 28.8 Å². The maximum Gasteiger partial charge on any atom is 0.229 e. The molecule has 0 aliphatic carbocycles. The third kappa shape index (κ3) is 4.78. The van der Waals surface area contributed by atoms with Crippen molar-refractivity contribution in [1.29, 1.82) is 0 Å². The van der Waals surface area contributed by atoms with E-state index >= 15 is 0 Å². The van der Waals surface area contributed by atoms with Gasteiger partial charge in [-0.15, -0.1) is 0 Å². The van der Waals surface area contributed by atoms with Gasteiger partial charge in [0, 0.05) is 43.5 Å². The van der Waals surface area contributed by atoms with E-state index in [1.807, 2.05) is 12.1 Å². The normalized spacial score (nSPS) is 16.4. The number of anilines is 5. The molecule has 1 aliphatic rings. The number of aromatic nitrogens is 2. The minimum absolute atomic E-state index is 0.000459. The zero-order valence-corrected chi connectivity index (χ0v) is 15.8. The molecule has 0 bridgehead atoms. The van der Waals surface area contributed by atoms with Crippen LogP contribution in [0, 0.1) is 0 Å². The second kappa shape index (κ2) is 8.11. The first kappa shape index (κ1) is 18.8. The van der Waals surface area contributed by atoms with E-state index in [0.717, 1.165) is 49.6 Å². The van der Waals surface area contributed by atoms with Crippen LogP contribution >= 0.6 is 0 Å². The lowest BCUT2D eigenvalue weighted by Crippen LogP contribution is -2.35. The highest BCUT2D eigenvalue weighted by Crippen LogP contribution is 2.25.